The SMILES string of the molecule is CCn1c2ccccc2c2cc(NC(=O)CC(C)(C)CC(=O)O)ccc21. The van der Waals surface area contributed by atoms with Crippen molar-refractivity contribution < 1.29 is 14.7 Å². The average molecular weight is 352 g/mol. The van der Waals surface area contributed by atoms with Crippen LogP contribution in [-0.2, 0) is 16.1 Å². The molecule has 136 valence electrons. The van der Waals surface area contributed by atoms with Crippen molar-refractivity contribution in [3.05, 3.63) is 42.5 Å². The van der Waals surface area contributed by atoms with Gasteiger partial charge in [0.15, 0.2) is 0 Å². The molecule has 2 N–H and O–H groups in total. The molecule has 0 aliphatic rings. The van der Waals surface area contributed by atoms with Crippen LogP contribution in [0.15, 0.2) is 42.5 Å². The van der Waals surface area contributed by atoms with Gasteiger partial charge in [-0.05, 0) is 36.6 Å². The number of fused-ring (bicyclic) bond motifs is 3. The molecule has 26 heavy (non-hydrogen) atoms. The molecule has 0 aliphatic heterocycles. The second-order valence-corrected chi connectivity index (χ2v) is 7.45. The molecule has 5 heteroatoms. The number of hydrogen-bond acceptors (Lipinski definition) is 2. The number of nitrogens with one attached hydrogen (secondary N) is 1. The number of carboxylic acids is 1. The molecule has 5 nitrogen and oxygen atoms in total. The maximum Gasteiger partial charge on any atom is 0.303 e. The zero-order valence-electron chi connectivity index (χ0n) is 15.4. The summed E-state index contributed by atoms with van der Waals surface area (Å²) in [6.45, 7) is 6.57. The molecule has 3 aromatic rings. The Balaban J connectivity index is 1.89. The number of carbonyl (C=O) groups is 2. The smallest absolute Gasteiger partial charge is 0.303 e. The molecule has 1 aromatic heterocycles. The second kappa shape index (κ2) is 6.83. The normalized spacial score (nSPS) is 11.8. The van der Waals surface area contributed by atoms with Crippen LogP contribution >= 0.6 is 0 Å². The van der Waals surface area contributed by atoms with E-state index in [2.05, 4.69) is 28.9 Å². The summed E-state index contributed by atoms with van der Waals surface area (Å²) in [5, 5.41) is 14.1. The standard InChI is InChI=1S/C21H24N2O3/c1-4-23-17-8-6-5-7-15(17)16-11-14(9-10-18(16)23)22-19(24)12-21(2,3)13-20(25)26/h5-11H,4,12-13H2,1-3H3,(H,22,24)(H,25,26). The van der Waals surface area contributed by atoms with E-state index in [1.54, 1.807) is 13.8 Å². The summed E-state index contributed by atoms with van der Waals surface area (Å²) in [4.78, 5) is 23.3. The zero-order chi connectivity index (χ0) is 18.9. The Morgan fingerprint density at radius 1 is 1.04 bits per heavy atom. The number of aromatic nitrogens is 1. The number of benzene rings is 2. The number of hydrogen-bond donors (Lipinski definition) is 2. The van der Waals surface area contributed by atoms with Crippen molar-refractivity contribution in [2.75, 3.05) is 5.32 Å². The Hall–Kier alpha value is -2.82. The highest BCUT2D eigenvalue weighted by Crippen LogP contribution is 2.31. The first-order chi connectivity index (χ1) is 12.3. The molecule has 0 radical (unpaired) electrons. The van der Waals surface area contributed by atoms with Crippen LogP contribution in [0.1, 0.15) is 33.6 Å². The molecule has 0 saturated carbocycles. The zero-order valence-corrected chi connectivity index (χ0v) is 15.4. The molecule has 1 amide bonds. The number of aliphatic carboxylic acids is 1. The second-order valence-electron chi connectivity index (χ2n) is 7.45. The first-order valence-corrected chi connectivity index (χ1v) is 8.83. The lowest BCUT2D eigenvalue weighted by atomic mass is 9.85. The van der Waals surface area contributed by atoms with Crippen LogP contribution in [0.5, 0.6) is 0 Å². The van der Waals surface area contributed by atoms with Crippen LogP contribution in [0.4, 0.5) is 5.69 Å². The molecular weight excluding hydrogens is 328 g/mol. The number of amides is 1. The molecule has 0 fully saturated rings. The average Bonchev–Trinajstić information content (AvgIpc) is 2.86. The first-order valence-electron chi connectivity index (χ1n) is 8.83. The quantitative estimate of drug-likeness (QED) is 0.679. The van der Waals surface area contributed by atoms with Crippen LogP contribution in [0.25, 0.3) is 21.8 Å². The highest BCUT2D eigenvalue weighted by molar-refractivity contribution is 6.09. The molecule has 0 saturated heterocycles. The molecule has 3 rings (SSSR count). The third-order valence-electron chi connectivity index (χ3n) is 4.64. The predicted molar refractivity (Wildman–Crippen MR) is 104 cm³/mol. The van der Waals surface area contributed by atoms with Crippen LogP contribution < -0.4 is 5.32 Å². The number of aryl methyl sites for hydroxylation is 1. The maximum atomic E-state index is 12.4. The molecular formula is C21H24N2O3. The van der Waals surface area contributed by atoms with Crippen molar-refractivity contribution in [2.45, 2.75) is 40.2 Å². The molecule has 0 atom stereocenters. The van der Waals surface area contributed by atoms with Crippen molar-refractivity contribution in [1.82, 2.24) is 4.57 Å². The van der Waals surface area contributed by atoms with Crippen molar-refractivity contribution in [2.24, 2.45) is 5.41 Å². The van der Waals surface area contributed by atoms with E-state index in [9.17, 15) is 9.59 Å². The minimum atomic E-state index is -0.892. The van der Waals surface area contributed by atoms with Crippen LogP contribution in [-0.4, -0.2) is 21.6 Å². The first kappa shape index (κ1) is 18.0. The van der Waals surface area contributed by atoms with E-state index in [4.69, 9.17) is 5.11 Å². The van der Waals surface area contributed by atoms with Gasteiger partial charge < -0.3 is 15.0 Å². The van der Waals surface area contributed by atoms with Gasteiger partial charge in [0.2, 0.25) is 5.91 Å². The van der Waals surface area contributed by atoms with Gasteiger partial charge in [0.25, 0.3) is 0 Å². The van der Waals surface area contributed by atoms with E-state index in [0.29, 0.717) is 0 Å². The summed E-state index contributed by atoms with van der Waals surface area (Å²) in [5.74, 6) is -1.06. The number of rotatable bonds is 6. The Labute approximate surface area is 152 Å². The fraction of sp³-hybridized carbons (Fsp3) is 0.333. The third-order valence-corrected chi connectivity index (χ3v) is 4.64. The van der Waals surface area contributed by atoms with E-state index in [1.165, 1.54) is 5.52 Å². The lowest BCUT2D eigenvalue weighted by molar-refractivity contribution is -0.139. The topological polar surface area (TPSA) is 71.3 Å². The van der Waals surface area contributed by atoms with E-state index in [1.807, 2.05) is 30.3 Å². The summed E-state index contributed by atoms with van der Waals surface area (Å²) in [6, 6.07) is 14.1. The third kappa shape index (κ3) is 3.57. The Kier molecular flexibility index (Phi) is 4.72. The Morgan fingerprint density at radius 2 is 1.73 bits per heavy atom. The monoisotopic (exact) mass is 352 g/mol. The highest BCUT2D eigenvalue weighted by atomic mass is 16.4. The van der Waals surface area contributed by atoms with Gasteiger partial charge in [-0.25, -0.2) is 0 Å². The van der Waals surface area contributed by atoms with Crippen LogP contribution in [0.2, 0.25) is 0 Å². The van der Waals surface area contributed by atoms with Gasteiger partial charge in [-0.15, -0.1) is 0 Å². The number of para-hydroxylation sites is 1. The van der Waals surface area contributed by atoms with Gasteiger partial charge in [0.05, 0.1) is 6.42 Å². The largest absolute Gasteiger partial charge is 0.481 e. The summed E-state index contributed by atoms with van der Waals surface area (Å²) < 4.78 is 2.26. The van der Waals surface area contributed by atoms with Gasteiger partial charge >= 0.3 is 5.97 Å². The fourth-order valence-corrected chi connectivity index (χ4v) is 3.58. The Morgan fingerprint density at radius 3 is 2.42 bits per heavy atom. The molecule has 0 aliphatic carbocycles. The number of carbonyl (C=O) groups excluding carboxylic acids is 1. The number of nitrogens with zero attached hydrogens (tertiary/aromatic N) is 1. The minimum absolute atomic E-state index is 0.0383. The lowest BCUT2D eigenvalue weighted by Gasteiger charge is -2.21. The molecule has 1 heterocycles. The van der Waals surface area contributed by atoms with Crippen molar-refractivity contribution in [3.63, 3.8) is 0 Å². The highest BCUT2D eigenvalue weighted by Gasteiger charge is 2.25. The van der Waals surface area contributed by atoms with Crippen molar-refractivity contribution in [3.8, 4) is 0 Å². The van der Waals surface area contributed by atoms with Gasteiger partial charge in [0, 0.05) is 40.5 Å². The fourth-order valence-electron chi connectivity index (χ4n) is 3.58. The van der Waals surface area contributed by atoms with Crippen LogP contribution in [0.3, 0.4) is 0 Å². The van der Waals surface area contributed by atoms with Gasteiger partial charge in [-0.3, -0.25) is 9.59 Å². The van der Waals surface area contributed by atoms with E-state index < -0.39 is 11.4 Å². The number of carboxylic acid groups (broad SMARTS) is 1. The summed E-state index contributed by atoms with van der Waals surface area (Å²) in [6.07, 6.45) is 0.123. The lowest BCUT2D eigenvalue weighted by Crippen LogP contribution is -2.24. The maximum absolute atomic E-state index is 12.4. The van der Waals surface area contributed by atoms with Gasteiger partial charge in [-0.2, -0.15) is 0 Å². The summed E-state index contributed by atoms with van der Waals surface area (Å²) in [7, 11) is 0. The summed E-state index contributed by atoms with van der Waals surface area (Å²) in [5.41, 5.74) is 2.46. The van der Waals surface area contributed by atoms with E-state index in [-0.39, 0.29) is 18.7 Å². The number of anilines is 1. The van der Waals surface area contributed by atoms with Gasteiger partial charge in [-0.1, -0.05) is 32.0 Å². The minimum Gasteiger partial charge on any atom is -0.481 e. The van der Waals surface area contributed by atoms with E-state index >= 15 is 0 Å². The van der Waals surface area contributed by atoms with E-state index in [0.717, 1.165) is 28.5 Å². The molecule has 0 spiro atoms. The van der Waals surface area contributed by atoms with Crippen molar-refractivity contribution in [1.29, 1.82) is 0 Å². The van der Waals surface area contributed by atoms with Gasteiger partial charge in [0.1, 0.15) is 0 Å². The Bertz CT molecular complexity index is 985. The molecule has 2 aromatic carbocycles. The predicted octanol–water partition coefficient (Wildman–Crippen LogP) is 4.64. The van der Waals surface area contributed by atoms with Crippen molar-refractivity contribution >= 4 is 39.4 Å². The molecule has 0 unspecified atom stereocenters. The molecule has 0 bridgehead atoms. The summed E-state index contributed by atoms with van der Waals surface area (Å²) >= 11 is 0. The van der Waals surface area contributed by atoms with Crippen LogP contribution in [0, 0.1) is 5.41 Å².